The average Bonchev–Trinajstić information content (AvgIpc) is 3.22. The van der Waals surface area contributed by atoms with Crippen LogP contribution in [-0.4, -0.2) is 0 Å². The van der Waals surface area contributed by atoms with Gasteiger partial charge in [-0.25, -0.2) is 0 Å². The number of nitrogens with zero attached hydrogens (tertiary/aromatic N) is 2. The number of anilines is 6. The molecule has 0 saturated carbocycles. The molecule has 7 aromatic rings. The van der Waals surface area contributed by atoms with E-state index in [2.05, 4.69) is 256 Å². The summed E-state index contributed by atoms with van der Waals surface area (Å²) in [5.74, 6) is 0. The molecule has 274 valence electrons. The molecule has 0 N–H and O–H groups in total. The second kappa shape index (κ2) is 18.0. The minimum Gasteiger partial charge on any atom is -0.311 e. The molecule has 56 heavy (non-hydrogen) atoms. The van der Waals surface area contributed by atoms with Crippen LogP contribution in [0, 0.1) is 27.7 Å². The molecule has 0 aliphatic carbocycles. The zero-order chi connectivity index (χ0) is 38.7. The predicted molar refractivity (Wildman–Crippen MR) is 244 cm³/mol. The summed E-state index contributed by atoms with van der Waals surface area (Å²) in [6.07, 6.45) is 17.1. The second-order valence-electron chi connectivity index (χ2n) is 14.3. The van der Waals surface area contributed by atoms with Crippen LogP contribution in [-0.2, 0) is 0 Å². The molecule has 0 spiro atoms. The van der Waals surface area contributed by atoms with Gasteiger partial charge in [-0.1, -0.05) is 168 Å². The third-order valence-corrected chi connectivity index (χ3v) is 9.82. The summed E-state index contributed by atoms with van der Waals surface area (Å²) in [6.45, 7) is 8.49. The summed E-state index contributed by atoms with van der Waals surface area (Å²) in [5.41, 5.74) is 16.4. The molecule has 0 bridgehead atoms. The largest absolute Gasteiger partial charge is 0.311 e. The third kappa shape index (κ3) is 9.60. The minimum absolute atomic E-state index is 1.13. The topological polar surface area (TPSA) is 6.48 Å². The molecule has 0 fully saturated rings. The Morgan fingerprint density at radius 2 is 0.500 bits per heavy atom. The number of rotatable bonds is 12. The van der Waals surface area contributed by atoms with Gasteiger partial charge in [0, 0.05) is 34.1 Å². The van der Waals surface area contributed by atoms with Crippen LogP contribution in [0.3, 0.4) is 0 Å². The molecule has 0 saturated heterocycles. The van der Waals surface area contributed by atoms with Crippen molar-refractivity contribution in [3.63, 3.8) is 0 Å². The van der Waals surface area contributed by atoms with Crippen LogP contribution in [0.5, 0.6) is 0 Å². The van der Waals surface area contributed by atoms with Crippen molar-refractivity contribution in [1.82, 2.24) is 0 Å². The Balaban J connectivity index is 1.00. The molecule has 0 aromatic heterocycles. The molecule has 2 heteroatoms. The van der Waals surface area contributed by atoms with E-state index >= 15 is 0 Å². The lowest BCUT2D eigenvalue weighted by Crippen LogP contribution is -2.09. The fourth-order valence-electron chi connectivity index (χ4n) is 6.61. The molecule has 0 atom stereocenters. The van der Waals surface area contributed by atoms with Crippen molar-refractivity contribution in [2.75, 3.05) is 9.80 Å². The highest BCUT2D eigenvalue weighted by Crippen LogP contribution is 2.36. The van der Waals surface area contributed by atoms with Crippen LogP contribution in [0.4, 0.5) is 34.1 Å². The standard InChI is InChI=1S/C54H48N2/c1-41-17-29-49(30-18-41)55(50-31-19-42(2)20-32-50)53-37-25-45(26-38-53)11-5-7-13-47-15-9-10-16-48(47)14-8-6-12-46-27-39-54(40-28-46)56(51-33-21-43(3)22-34-51)52-35-23-44(4)24-36-52/h5-40H,1-4H3/b11-5+,12-6+,13-7+,14-8+. The molecule has 2 nitrogen and oxygen atoms in total. The van der Waals surface area contributed by atoms with Gasteiger partial charge in [-0.05, 0) is 123 Å². The first-order valence-corrected chi connectivity index (χ1v) is 19.3. The highest BCUT2D eigenvalue weighted by atomic mass is 15.1. The van der Waals surface area contributed by atoms with Crippen LogP contribution in [0.25, 0.3) is 24.3 Å². The predicted octanol–water partition coefficient (Wildman–Crippen LogP) is 15.3. The Bertz CT molecular complexity index is 2180. The summed E-state index contributed by atoms with van der Waals surface area (Å²) < 4.78 is 0. The first-order chi connectivity index (χ1) is 27.4. The van der Waals surface area contributed by atoms with E-state index in [0.29, 0.717) is 0 Å². The van der Waals surface area contributed by atoms with Crippen LogP contribution >= 0.6 is 0 Å². The highest BCUT2D eigenvalue weighted by Gasteiger charge is 2.13. The summed E-state index contributed by atoms with van der Waals surface area (Å²) in [5, 5.41) is 0. The van der Waals surface area contributed by atoms with Crippen molar-refractivity contribution in [3.05, 3.63) is 239 Å². The van der Waals surface area contributed by atoms with Crippen LogP contribution in [0.2, 0.25) is 0 Å². The van der Waals surface area contributed by atoms with Crippen molar-refractivity contribution in [2.45, 2.75) is 27.7 Å². The quantitative estimate of drug-likeness (QED) is 0.116. The lowest BCUT2D eigenvalue weighted by atomic mass is 10.1. The minimum atomic E-state index is 1.13. The number of aryl methyl sites for hydroxylation is 4. The van der Waals surface area contributed by atoms with Crippen LogP contribution in [0.1, 0.15) is 44.5 Å². The summed E-state index contributed by atoms with van der Waals surface area (Å²) >= 11 is 0. The monoisotopic (exact) mass is 724 g/mol. The zero-order valence-electron chi connectivity index (χ0n) is 32.7. The van der Waals surface area contributed by atoms with E-state index in [-0.39, 0.29) is 0 Å². The number of hydrogen-bond donors (Lipinski definition) is 0. The van der Waals surface area contributed by atoms with Crippen molar-refractivity contribution in [3.8, 4) is 0 Å². The maximum Gasteiger partial charge on any atom is 0.0462 e. The summed E-state index contributed by atoms with van der Waals surface area (Å²) in [6, 6.07) is 60.7. The first kappa shape index (κ1) is 37.4. The molecule has 0 unspecified atom stereocenters. The van der Waals surface area contributed by atoms with Gasteiger partial charge >= 0.3 is 0 Å². The zero-order valence-corrected chi connectivity index (χ0v) is 32.7. The first-order valence-electron chi connectivity index (χ1n) is 19.3. The maximum atomic E-state index is 2.30. The van der Waals surface area contributed by atoms with Gasteiger partial charge in [0.15, 0.2) is 0 Å². The maximum absolute atomic E-state index is 2.30. The Morgan fingerprint density at radius 3 is 0.768 bits per heavy atom. The second-order valence-corrected chi connectivity index (χ2v) is 14.3. The van der Waals surface area contributed by atoms with Gasteiger partial charge in [-0.2, -0.15) is 0 Å². The van der Waals surface area contributed by atoms with Crippen molar-refractivity contribution >= 4 is 58.4 Å². The SMILES string of the molecule is Cc1ccc(N(c2ccc(C)cc2)c2ccc(/C=C/C=C/c3ccccc3/C=C/C=C/c3ccc(N(c4ccc(C)cc4)c4ccc(C)cc4)cc3)cc2)cc1. The Kier molecular flexibility index (Phi) is 12.0. The molecule has 0 aliphatic rings. The smallest absolute Gasteiger partial charge is 0.0462 e. The molecule has 0 radical (unpaired) electrons. The molecule has 0 amide bonds. The lowest BCUT2D eigenvalue weighted by Gasteiger charge is -2.25. The number of allylic oxidation sites excluding steroid dienone is 4. The molecule has 0 aliphatic heterocycles. The third-order valence-electron chi connectivity index (χ3n) is 9.82. The lowest BCUT2D eigenvalue weighted by molar-refractivity contribution is 1.27. The van der Waals surface area contributed by atoms with E-state index in [4.69, 9.17) is 0 Å². The van der Waals surface area contributed by atoms with E-state index in [1.807, 2.05) is 0 Å². The Labute approximate surface area is 333 Å². The Hall–Kier alpha value is -6.90. The summed E-state index contributed by atoms with van der Waals surface area (Å²) in [7, 11) is 0. The fraction of sp³-hybridized carbons (Fsp3) is 0.0741. The van der Waals surface area contributed by atoms with E-state index in [1.54, 1.807) is 0 Å². The molecule has 7 rings (SSSR count). The fourth-order valence-corrected chi connectivity index (χ4v) is 6.61. The van der Waals surface area contributed by atoms with Crippen molar-refractivity contribution < 1.29 is 0 Å². The van der Waals surface area contributed by atoms with E-state index < -0.39 is 0 Å². The summed E-state index contributed by atoms with van der Waals surface area (Å²) in [4.78, 5) is 4.60. The molecular weight excluding hydrogens is 677 g/mol. The van der Waals surface area contributed by atoms with Crippen molar-refractivity contribution in [1.29, 1.82) is 0 Å². The number of benzene rings is 7. The molecule has 0 heterocycles. The van der Waals surface area contributed by atoms with Gasteiger partial charge in [0.2, 0.25) is 0 Å². The van der Waals surface area contributed by atoms with Gasteiger partial charge in [0.25, 0.3) is 0 Å². The molecule has 7 aromatic carbocycles. The highest BCUT2D eigenvalue weighted by molar-refractivity contribution is 5.79. The average molecular weight is 725 g/mol. The van der Waals surface area contributed by atoms with E-state index in [0.717, 1.165) is 45.3 Å². The molecular formula is C54H48N2. The van der Waals surface area contributed by atoms with Crippen molar-refractivity contribution in [2.24, 2.45) is 0 Å². The van der Waals surface area contributed by atoms with Gasteiger partial charge in [0.05, 0.1) is 0 Å². The normalized spacial score (nSPS) is 11.6. The van der Waals surface area contributed by atoms with Gasteiger partial charge in [0.1, 0.15) is 0 Å². The van der Waals surface area contributed by atoms with Crippen LogP contribution in [0.15, 0.2) is 194 Å². The van der Waals surface area contributed by atoms with Crippen LogP contribution < -0.4 is 9.80 Å². The van der Waals surface area contributed by atoms with Gasteiger partial charge in [-0.3, -0.25) is 0 Å². The van der Waals surface area contributed by atoms with Gasteiger partial charge < -0.3 is 9.80 Å². The van der Waals surface area contributed by atoms with E-state index in [1.165, 1.54) is 33.4 Å². The van der Waals surface area contributed by atoms with Gasteiger partial charge in [-0.15, -0.1) is 0 Å². The number of hydrogen-bond acceptors (Lipinski definition) is 2. The Morgan fingerprint density at radius 1 is 0.268 bits per heavy atom. The van der Waals surface area contributed by atoms with E-state index in [9.17, 15) is 0 Å².